The van der Waals surface area contributed by atoms with E-state index in [1.165, 1.54) is 43.4 Å². The maximum atomic E-state index is 12.8. The van der Waals surface area contributed by atoms with Crippen molar-refractivity contribution in [2.24, 2.45) is 22.7 Å². The molecule has 0 N–H and O–H groups in total. The second-order valence-corrected chi connectivity index (χ2v) is 13.1. The molecule has 0 saturated heterocycles. The lowest BCUT2D eigenvalue weighted by Crippen LogP contribution is -2.51. The van der Waals surface area contributed by atoms with Gasteiger partial charge in [-0.15, -0.1) is 0 Å². The number of rotatable bonds is 8. The fraction of sp³-hybridized carbons (Fsp3) is 0.593. The van der Waals surface area contributed by atoms with Gasteiger partial charge >= 0.3 is 5.97 Å². The van der Waals surface area contributed by atoms with Gasteiger partial charge in [-0.3, -0.25) is 9.59 Å². The van der Waals surface area contributed by atoms with Crippen LogP contribution in [0.3, 0.4) is 0 Å². The molecule has 0 aliphatic heterocycles. The minimum Gasteiger partial charge on any atom is -0.465 e. The Hall–Kier alpha value is -1.53. The van der Waals surface area contributed by atoms with E-state index in [0.29, 0.717) is 37.0 Å². The molecule has 4 saturated carbocycles. The number of halogens is 1. The molecule has 4 nitrogen and oxygen atoms in total. The molecule has 2 aromatic rings. The summed E-state index contributed by atoms with van der Waals surface area (Å²) in [5.74, 6) is 1.73. The fourth-order valence-corrected chi connectivity index (χ4v) is 8.72. The molecule has 4 fully saturated rings. The summed E-state index contributed by atoms with van der Waals surface area (Å²) in [7, 11) is 0. The summed E-state index contributed by atoms with van der Waals surface area (Å²) >= 11 is 5.04. The highest BCUT2D eigenvalue weighted by atomic mass is 79.9. The van der Waals surface area contributed by atoms with Gasteiger partial charge in [-0.2, -0.15) is 4.57 Å². The number of carbonyl (C=O) groups excluding carboxylic acids is 2. The van der Waals surface area contributed by atoms with Crippen molar-refractivity contribution >= 4 is 39.0 Å². The predicted octanol–water partition coefficient (Wildman–Crippen LogP) is 6.07. The van der Waals surface area contributed by atoms with Crippen molar-refractivity contribution < 1.29 is 18.9 Å². The van der Waals surface area contributed by atoms with Gasteiger partial charge in [0, 0.05) is 23.4 Å². The minimum atomic E-state index is -0.0203. The number of thiazole rings is 1. The van der Waals surface area contributed by atoms with Crippen LogP contribution in [-0.4, -0.2) is 18.4 Å². The van der Waals surface area contributed by atoms with Crippen molar-refractivity contribution in [3.05, 3.63) is 50.4 Å². The molecular formula is C27H33BrNO3S+. The van der Waals surface area contributed by atoms with Crippen molar-refractivity contribution in [2.45, 2.75) is 71.8 Å². The Labute approximate surface area is 208 Å². The first kappa shape index (κ1) is 23.2. The molecule has 0 unspecified atom stereocenters. The van der Waals surface area contributed by atoms with Crippen LogP contribution in [0.2, 0.25) is 0 Å². The second-order valence-electron chi connectivity index (χ2n) is 11.2. The van der Waals surface area contributed by atoms with E-state index in [2.05, 4.69) is 22.9 Å². The van der Waals surface area contributed by atoms with Gasteiger partial charge in [0.2, 0.25) is 17.8 Å². The number of hydrogen-bond donors (Lipinski definition) is 0. The third kappa shape index (κ3) is 4.97. The van der Waals surface area contributed by atoms with Crippen LogP contribution in [0.1, 0.15) is 72.8 Å². The summed E-state index contributed by atoms with van der Waals surface area (Å²) in [6.07, 6.45) is 9.07. The Balaban J connectivity index is 1.13. The number of hydrogen-bond acceptors (Lipinski definition) is 4. The number of Topliss-reactive ketones (excluding diaryl/α,β-unsaturated/α-hetero) is 1. The highest BCUT2D eigenvalue weighted by Gasteiger charge is 2.56. The van der Waals surface area contributed by atoms with Gasteiger partial charge in [-0.05, 0) is 73.3 Å². The molecule has 4 aliphatic carbocycles. The molecular weight excluding hydrogens is 498 g/mol. The molecule has 4 bridgehead atoms. The smallest absolute Gasteiger partial charge is 0.306 e. The number of ketones is 1. The van der Waals surface area contributed by atoms with Crippen molar-refractivity contribution in [3.8, 4) is 0 Å². The van der Waals surface area contributed by atoms with Crippen LogP contribution in [0.4, 0.5) is 0 Å². The molecule has 1 heterocycles. The molecule has 0 amide bonds. The monoisotopic (exact) mass is 530 g/mol. The number of aromatic nitrogens is 1. The minimum absolute atomic E-state index is 0.0203. The lowest BCUT2D eigenvalue weighted by atomic mass is 9.44. The van der Waals surface area contributed by atoms with Crippen LogP contribution < -0.4 is 4.57 Å². The normalized spacial score (nSPS) is 29.9. The van der Waals surface area contributed by atoms with Gasteiger partial charge in [0.25, 0.3) is 0 Å². The van der Waals surface area contributed by atoms with Gasteiger partial charge in [-0.25, -0.2) is 0 Å². The van der Waals surface area contributed by atoms with E-state index in [1.807, 2.05) is 41.3 Å². The van der Waals surface area contributed by atoms with E-state index in [9.17, 15) is 9.59 Å². The van der Waals surface area contributed by atoms with E-state index in [-0.39, 0.29) is 17.2 Å². The molecule has 2 atom stereocenters. The van der Waals surface area contributed by atoms with E-state index < -0.39 is 0 Å². The first-order valence-electron chi connectivity index (χ1n) is 12.1. The number of ether oxygens (including phenoxy) is 1. The van der Waals surface area contributed by atoms with Gasteiger partial charge in [0.05, 0.1) is 17.9 Å². The second kappa shape index (κ2) is 8.92. The molecule has 6 heteroatoms. The molecule has 33 heavy (non-hydrogen) atoms. The zero-order valence-electron chi connectivity index (χ0n) is 19.6. The van der Waals surface area contributed by atoms with E-state index in [1.54, 1.807) is 11.3 Å². The van der Waals surface area contributed by atoms with Crippen LogP contribution in [0.15, 0.2) is 34.2 Å². The standard InChI is InChI=1S/C27H33BrNO3S/c1-18-24(33-17-29(18)15-23(30)21-3-5-22(28)6-4-21)7-8-32-25(31)14-27-12-19-9-20(13-27)11-26(2,10-19)16-27/h3-6,17,19-20H,7-16H2,1-2H3/q+1/t19-,20-,26?,27?/m1/s1. The topological polar surface area (TPSA) is 47.2 Å². The van der Waals surface area contributed by atoms with Crippen LogP contribution in [-0.2, 0) is 22.5 Å². The Morgan fingerprint density at radius 1 is 1.15 bits per heavy atom. The summed E-state index contributed by atoms with van der Waals surface area (Å²) < 4.78 is 8.70. The van der Waals surface area contributed by atoms with Crippen molar-refractivity contribution in [1.82, 2.24) is 0 Å². The average molecular weight is 532 g/mol. The molecule has 0 spiro atoms. The quantitative estimate of drug-likeness (QED) is 0.236. The summed E-state index contributed by atoms with van der Waals surface area (Å²) in [6.45, 7) is 5.23. The largest absolute Gasteiger partial charge is 0.465 e. The molecule has 1 aromatic carbocycles. The number of esters is 1. The number of nitrogens with zero attached hydrogens (tertiary/aromatic N) is 1. The van der Waals surface area contributed by atoms with E-state index in [4.69, 9.17) is 4.74 Å². The maximum Gasteiger partial charge on any atom is 0.306 e. The lowest BCUT2D eigenvalue weighted by Gasteiger charge is -2.61. The highest BCUT2D eigenvalue weighted by molar-refractivity contribution is 9.10. The average Bonchev–Trinajstić information content (AvgIpc) is 3.05. The Bertz CT molecular complexity index is 1050. The summed E-state index contributed by atoms with van der Waals surface area (Å²) in [5.41, 5.74) is 4.45. The SMILES string of the molecule is Cc1c(CCOC(=O)CC23C[C@@H]4C[C@H](CC(C)(C4)C2)C3)sc[n+]1CC(=O)c1ccc(Br)cc1. The van der Waals surface area contributed by atoms with Crippen LogP contribution in [0.5, 0.6) is 0 Å². The summed E-state index contributed by atoms with van der Waals surface area (Å²) in [6, 6.07) is 7.47. The lowest BCUT2D eigenvalue weighted by molar-refractivity contribution is -0.684. The van der Waals surface area contributed by atoms with Gasteiger partial charge in [-0.1, -0.05) is 46.3 Å². The molecule has 0 radical (unpaired) electrons. The van der Waals surface area contributed by atoms with E-state index >= 15 is 0 Å². The third-order valence-electron chi connectivity index (χ3n) is 8.22. The van der Waals surface area contributed by atoms with Crippen LogP contribution in [0.25, 0.3) is 0 Å². The van der Waals surface area contributed by atoms with Crippen LogP contribution in [0, 0.1) is 29.6 Å². The predicted molar refractivity (Wildman–Crippen MR) is 132 cm³/mol. The van der Waals surface area contributed by atoms with Crippen molar-refractivity contribution in [2.75, 3.05) is 6.61 Å². The van der Waals surface area contributed by atoms with Crippen LogP contribution >= 0.6 is 27.3 Å². The molecule has 6 rings (SSSR count). The van der Waals surface area contributed by atoms with Gasteiger partial charge in [0.15, 0.2) is 5.69 Å². The zero-order chi connectivity index (χ0) is 23.2. The third-order valence-corrected chi connectivity index (χ3v) is 9.90. The Morgan fingerprint density at radius 3 is 2.52 bits per heavy atom. The van der Waals surface area contributed by atoms with Crippen molar-refractivity contribution in [3.63, 3.8) is 0 Å². The fourth-order valence-electron chi connectivity index (χ4n) is 7.48. The number of carbonyl (C=O) groups is 2. The first-order chi connectivity index (χ1) is 15.7. The van der Waals surface area contributed by atoms with E-state index in [0.717, 1.165) is 22.0 Å². The van der Waals surface area contributed by atoms with Gasteiger partial charge < -0.3 is 4.74 Å². The molecule has 176 valence electrons. The maximum absolute atomic E-state index is 12.8. The Morgan fingerprint density at radius 2 is 1.85 bits per heavy atom. The highest BCUT2D eigenvalue weighted by Crippen LogP contribution is 2.66. The summed E-state index contributed by atoms with van der Waals surface area (Å²) in [4.78, 5) is 26.6. The zero-order valence-corrected chi connectivity index (χ0v) is 22.0. The van der Waals surface area contributed by atoms with Gasteiger partial charge in [0.1, 0.15) is 0 Å². The molecule has 1 aromatic heterocycles. The Kier molecular flexibility index (Phi) is 6.28. The molecule has 4 aliphatic rings. The number of benzene rings is 1. The van der Waals surface area contributed by atoms with Crippen molar-refractivity contribution in [1.29, 1.82) is 0 Å². The summed E-state index contributed by atoms with van der Waals surface area (Å²) in [5, 5.41) is 0. The first-order valence-corrected chi connectivity index (χ1v) is 13.8.